The molecule has 0 unspecified atom stereocenters. The Kier molecular flexibility index (Phi) is 5.41. The van der Waals surface area contributed by atoms with E-state index in [2.05, 4.69) is 5.32 Å². The van der Waals surface area contributed by atoms with Gasteiger partial charge >= 0.3 is 6.03 Å². The van der Waals surface area contributed by atoms with Gasteiger partial charge in [0.25, 0.3) is 0 Å². The molecule has 122 valence electrons. The van der Waals surface area contributed by atoms with Crippen molar-refractivity contribution in [2.45, 2.75) is 18.9 Å². The molecular formula is C16H20N4O3. The molecule has 0 saturated carbocycles. The summed E-state index contributed by atoms with van der Waals surface area (Å²) in [6.07, 6.45) is 0.551. The standard InChI is InChI=1S/C16H20N4O3/c1-19(9-3-8-17)16(22)18-12-10-15(21)20(11-12)13-4-6-14(23-2)7-5-13/h4-7,12H,3,9-11H2,1-2H3,(H,18,22)/t12-/m0/s1. The molecule has 1 N–H and O–H groups in total. The highest BCUT2D eigenvalue weighted by molar-refractivity contribution is 5.96. The lowest BCUT2D eigenvalue weighted by Crippen LogP contribution is -2.44. The molecule has 1 aliphatic heterocycles. The largest absolute Gasteiger partial charge is 0.497 e. The molecule has 1 saturated heterocycles. The molecule has 23 heavy (non-hydrogen) atoms. The van der Waals surface area contributed by atoms with Crippen LogP contribution in [0.4, 0.5) is 10.5 Å². The minimum atomic E-state index is -0.269. The van der Waals surface area contributed by atoms with Crippen molar-refractivity contribution in [3.8, 4) is 11.8 Å². The molecule has 1 aliphatic rings. The quantitative estimate of drug-likeness (QED) is 0.888. The summed E-state index contributed by atoms with van der Waals surface area (Å²) in [5.41, 5.74) is 0.783. The van der Waals surface area contributed by atoms with Crippen LogP contribution in [-0.2, 0) is 4.79 Å². The minimum Gasteiger partial charge on any atom is -0.497 e. The fourth-order valence-electron chi connectivity index (χ4n) is 2.42. The number of rotatable bonds is 5. The summed E-state index contributed by atoms with van der Waals surface area (Å²) in [6.45, 7) is 0.800. The van der Waals surface area contributed by atoms with Gasteiger partial charge in [-0.3, -0.25) is 4.79 Å². The van der Waals surface area contributed by atoms with Crippen LogP contribution in [-0.4, -0.2) is 50.1 Å². The molecule has 0 spiro atoms. The average Bonchev–Trinajstić information content (AvgIpc) is 2.92. The smallest absolute Gasteiger partial charge is 0.317 e. The number of nitriles is 1. The molecule has 1 heterocycles. The minimum absolute atomic E-state index is 0.0276. The first-order chi connectivity index (χ1) is 11.0. The van der Waals surface area contributed by atoms with Gasteiger partial charge in [0.2, 0.25) is 5.91 Å². The Morgan fingerprint density at radius 3 is 2.78 bits per heavy atom. The maximum Gasteiger partial charge on any atom is 0.317 e. The van der Waals surface area contributed by atoms with Crippen molar-refractivity contribution in [3.63, 3.8) is 0 Å². The van der Waals surface area contributed by atoms with E-state index in [4.69, 9.17) is 10.00 Å². The number of carbonyl (C=O) groups excluding carboxylic acids is 2. The van der Waals surface area contributed by atoms with Gasteiger partial charge in [-0.1, -0.05) is 0 Å². The summed E-state index contributed by atoms with van der Waals surface area (Å²) in [6, 6.07) is 8.72. The highest BCUT2D eigenvalue weighted by Gasteiger charge is 2.32. The van der Waals surface area contributed by atoms with E-state index in [-0.39, 0.29) is 30.8 Å². The van der Waals surface area contributed by atoms with E-state index < -0.39 is 0 Å². The van der Waals surface area contributed by atoms with Gasteiger partial charge in [-0.15, -0.1) is 0 Å². The van der Waals surface area contributed by atoms with Crippen LogP contribution in [0.1, 0.15) is 12.8 Å². The fourth-order valence-corrected chi connectivity index (χ4v) is 2.42. The van der Waals surface area contributed by atoms with E-state index in [0.29, 0.717) is 13.1 Å². The first-order valence-electron chi connectivity index (χ1n) is 7.38. The third-order valence-electron chi connectivity index (χ3n) is 3.74. The monoisotopic (exact) mass is 316 g/mol. The molecule has 2 rings (SSSR count). The van der Waals surface area contributed by atoms with Gasteiger partial charge in [0, 0.05) is 32.2 Å². The third-order valence-corrected chi connectivity index (χ3v) is 3.74. The highest BCUT2D eigenvalue weighted by Crippen LogP contribution is 2.24. The maximum absolute atomic E-state index is 12.1. The molecular weight excluding hydrogens is 296 g/mol. The molecule has 1 atom stereocenters. The lowest BCUT2D eigenvalue weighted by Gasteiger charge is -2.20. The Bertz CT molecular complexity index is 609. The van der Waals surface area contributed by atoms with Crippen LogP contribution in [0.5, 0.6) is 5.75 Å². The maximum atomic E-state index is 12.1. The Morgan fingerprint density at radius 1 is 1.48 bits per heavy atom. The van der Waals surface area contributed by atoms with Crippen LogP contribution < -0.4 is 15.0 Å². The highest BCUT2D eigenvalue weighted by atomic mass is 16.5. The van der Waals surface area contributed by atoms with Crippen LogP contribution in [0.15, 0.2) is 24.3 Å². The topological polar surface area (TPSA) is 85.7 Å². The van der Waals surface area contributed by atoms with Gasteiger partial charge in [-0.2, -0.15) is 5.26 Å². The number of anilines is 1. The first kappa shape index (κ1) is 16.6. The van der Waals surface area contributed by atoms with Crippen LogP contribution >= 0.6 is 0 Å². The molecule has 1 aromatic rings. The lowest BCUT2D eigenvalue weighted by atomic mass is 10.2. The summed E-state index contributed by atoms with van der Waals surface area (Å²) in [5.74, 6) is 0.699. The number of amides is 3. The molecule has 1 aromatic carbocycles. The second kappa shape index (κ2) is 7.49. The molecule has 0 bridgehead atoms. The predicted molar refractivity (Wildman–Crippen MR) is 85.1 cm³/mol. The van der Waals surface area contributed by atoms with E-state index in [1.807, 2.05) is 18.2 Å². The Balaban J connectivity index is 1.94. The molecule has 0 aromatic heterocycles. The molecule has 3 amide bonds. The number of urea groups is 1. The van der Waals surface area contributed by atoms with Gasteiger partial charge in [0.1, 0.15) is 5.75 Å². The van der Waals surface area contributed by atoms with Crippen LogP contribution in [0.25, 0.3) is 0 Å². The number of hydrogen-bond donors (Lipinski definition) is 1. The van der Waals surface area contributed by atoms with Crippen molar-refractivity contribution in [2.24, 2.45) is 0 Å². The first-order valence-corrected chi connectivity index (χ1v) is 7.38. The Hall–Kier alpha value is -2.75. The number of benzene rings is 1. The number of methoxy groups -OCH3 is 1. The second-order valence-electron chi connectivity index (χ2n) is 5.38. The zero-order valence-corrected chi connectivity index (χ0v) is 13.3. The number of nitrogens with zero attached hydrogens (tertiary/aromatic N) is 3. The van der Waals surface area contributed by atoms with E-state index in [1.54, 1.807) is 31.2 Å². The van der Waals surface area contributed by atoms with Crippen molar-refractivity contribution < 1.29 is 14.3 Å². The summed E-state index contributed by atoms with van der Waals surface area (Å²) >= 11 is 0. The fraction of sp³-hybridized carbons (Fsp3) is 0.438. The number of ether oxygens (including phenoxy) is 1. The lowest BCUT2D eigenvalue weighted by molar-refractivity contribution is -0.117. The van der Waals surface area contributed by atoms with Crippen molar-refractivity contribution in [1.29, 1.82) is 5.26 Å². The summed E-state index contributed by atoms with van der Waals surface area (Å²) in [4.78, 5) is 27.2. The third kappa shape index (κ3) is 4.13. The van der Waals surface area contributed by atoms with E-state index >= 15 is 0 Å². The van der Waals surface area contributed by atoms with Gasteiger partial charge in [0.15, 0.2) is 0 Å². The van der Waals surface area contributed by atoms with Gasteiger partial charge in [-0.25, -0.2) is 4.79 Å². The van der Waals surface area contributed by atoms with Gasteiger partial charge < -0.3 is 19.9 Å². The molecule has 1 fully saturated rings. The molecule has 7 heteroatoms. The zero-order valence-electron chi connectivity index (χ0n) is 13.3. The number of hydrogen-bond acceptors (Lipinski definition) is 4. The SMILES string of the molecule is COc1ccc(N2C[C@@H](NC(=O)N(C)CCC#N)CC2=O)cc1. The van der Waals surface area contributed by atoms with Crippen molar-refractivity contribution >= 4 is 17.6 Å². The Labute approximate surface area is 135 Å². The van der Waals surface area contributed by atoms with E-state index in [0.717, 1.165) is 11.4 Å². The van der Waals surface area contributed by atoms with Crippen LogP contribution in [0, 0.1) is 11.3 Å². The second-order valence-corrected chi connectivity index (χ2v) is 5.38. The normalized spacial score (nSPS) is 16.8. The number of carbonyl (C=O) groups is 2. The summed E-state index contributed by atoms with van der Waals surface area (Å²) in [7, 11) is 3.22. The van der Waals surface area contributed by atoms with Crippen molar-refractivity contribution in [1.82, 2.24) is 10.2 Å². The van der Waals surface area contributed by atoms with Crippen molar-refractivity contribution in [2.75, 3.05) is 32.1 Å². The van der Waals surface area contributed by atoms with E-state index in [9.17, 15) is 9.59 Å². The average molecular weight is 316 g/mol. The predicted octanol–water partition coefficient (Wildman–Crippen LogP) is 1.36. The summed E-state index contributed by atoms with van der Waals surface area (Å²) in [5, 5.41) is 11.4. The van der Waals surface area contributed by atoms with Crippen LogP contribution in [0.3, 0.4) is 0 Å². The molecule has 7 nitrogen and oxygen atoms in total. The Morgan fingerprint density at radius 2 is 2.17 bits per heavy atom. The van der Waals surface area contributed by atoms with Crippen molar-refractivity contribution in [3.05, 3.63) is 24.3 Å². The van der Waals surface area contributed by atoms with Gasteiger partial charge in [-0.05, 0) is 24.3 Å². The number of nitrogens with one attached hydrogen (secondary N) is 1. The molecule has 0 aliphatic carbocycles. The van der Waals surface area contributed by atoms with Crippen LogP contribution in [0.2, 0.25) is 0 Å². The summed E-state index contributed by atoms with van der Waals surface area (Å²) < 4.78 is 5.10. The van der Waals surface area contributed by atoms with E-state index in [1.165, 1.54) is 4.90 Å². The molecule has 0 radical (unpaired) electrons. The zero-order chi connectivity index (χ0) is 16.8. The van der Waals surface area contributed by atoms with Gasteiger partial charge in [0.05, 0.1) is 25.6 Å².